The Morgan fingerprint density at radius 3 is 2.42 bits per heavy atom. The molecule has 0 aliphatic heterocycles. The summed E-state index contributed by atoms with van der Waals surface area (Å²) in [6.07, 6.45) is 6.06. The van der Waals surface area contributed by atoms with E-state index >= 15 is 0 Å². The second kappa shape index (κ2) is 4.47. The van der Waals surface area contributed by atoms with Crippen molar-refractivity contribution in [1.82, 2.24) is 4.90 Å². The molecular formula is C10H18N2. The zero-order chi connectivity index (χ0) is 8.97. The molecule has 0 aromatic heterocycles. The summed E-state index contributed by atoms with van der Waals surface area (Å²) in [7, 11) is 4.17. The molecule has 1 aliphatic carbocycles. The first-order valence-electron chi connectivity index (χ1n) is 4.79. The molecule has 0 aromatic carbocycles. The maximum absolute atomic E-state index is 8.67. The van der Waals surface area contributed by atoms with Crippen molar-refractivity contribution in [3.05, 3.63) is 0 Å². The van der Waals surface area contributed by atoms with Gasteiger partial charge in [0.25, 0.3) is 0 Å². The lowest BCUT2D eigenvalue weighted by atomic mass is 9.95. The van der Waals surface area contributed by atoms with Crippen LogP contribution in [0.2, 0.25) is 0 Å². The van der Waals surface area contributed by atoms with E-state index in [9.17, 15) is 0 Å². The monoisotopic (exact) mass is 166 g/mol. The van der Waals surface area contributed by atoms with E-state index in [4.69, 9.17) is 5.26 Å². The van der Waals surface area contributed by atoms with Gasteiger partial charge in [0, 0.05) is 6.04 Å². The highest BCUT2D eigenvalue weighted by molar-refractivity contribution is 4.87. The molecule has 2 nitrogen and oxygen atoms in total. The van der Waals surface area contributed by atoms with Gasteiger partial charge in [-0.15, -0.1) is 0 Å². The quantitative estimate of drug-likeness (QED) is 0.641. The maximum atomic E-state index is 8.67. The van der Waals surface area contributed by atoms with Crippen LogP contribution in [-0.4, -0.2) is 25.0 Å². The van der Waals surface area contributed by atoms with Crippen LogP contribution < -0.4 is 0 Å². The molecule has 0 aromatic rings. The highest BCUT2D eigenvalue weighted by atomic mass is 15.1. The van der Waals surface area contributed by atoms with Gasteiger partial charge in [-0.1, -0.05) is 12.8 Å². The number of nitriles is 1. The van der Waals surface area contributed by atoms with Crippen molar-refractivity contribution in [3.8, 4) is 6.07 Å². The average Bonchev–Trinajstić information content (AvgIpc) is 2.51. The van der Waals surface area contributed by atoms with Gasteiger partial charge in [-0.25, -0.2) is 0 Å². The molecule has 1 rings (SSSR count). The molecule has 12 heavy (non-hydrogen) atoms. The largest absolute Gasteiger partial charge is 0.305 e. The van der Waals surface area contributed by atoms with Crippen molar-refractivity contribution in [2.45, 2.75) is 38.1 Å². The van der Waals surface area contributed by atoms with Crippen molar-refractivity contribution in [1.29, 1.82) is 5.26 Å². The third kappa shape index (κ3) is 2.22. The zero-order valence-corrected chi connectivity index (χ0v) is 8.08. The Labute approximate surface area is 75.2 Å². The highest BCUT2D eigenvalue weighted by Gasteiger charge is 2.25. The van der Waals surface area contributed by atoms with Gasteiger partial charge in [-0.3, -0.25) is 0 Å². The summed E-state index contributed by atoms with van der Waals surface area (Å²) in [6, 6.07) is 2.78. The van der Waals surface area contributed by atoms with Crippen molar-refractivity contribution in [3.63, 3.8) is 0 Å². The fraction of sp³-hybridized carbons (Fsp3) is 0.900. The van der Waals surface area contributed by atoms with Gasteiger partial charge >= 0.3 is 0 Å². The van der Waals surface area contributed by atoms with Crippen LogP contribution in [0.25, 0.3) is 0 Å². The van der Waals surface area contributed by atoms with Crippen molar-refractivity contribution >= 4 is 0 Å². The molecule has 68 valence electrons. The molecule has 0 radical (unpaired) electrons. The summed E-state index contributed by atoms with van der Waals surface area (Å²) in [5.74, 6) is 0.777. The Bertz CT molecular complexity index is 163. The van der Waals surface area contributed by atoms with E-state index in [0.717, 1.165) is 5.92 Å². The molecule has 0 amide bonds. The minimum atomic E-state index is 0.498. The summed E-state index contributed by atoms with van der Waals surface area (Å²) >= 11 is 0. The minimum absolute atomic E-state index is 0.498. The summed E-state index contributed by atoms with van der Waals surface area (Å²) in [6.45, 7) is 0. The lowest BCUT2D eigenvalue weighted by Gasteiger charge is -2.27. The van der Waals surface area contributed by atoms with E-state index in [1.807, 2.05) is 0 Å². The topological polar surface area (TPSA) is 27.0 Å². The summed E-state index contributed by atoms with van der Waals surface area (Å²) < 4.78 is 0. The second-order valence-electron chi connectivity index (χ2n) is 3.94. The van der Waals surface area contributed by atoms with Crippen LogP contribution in [0.3, 0.4) is 0 Å². The van der Waals surface area contributed by atoms with E-state index in [1.54, 1.807) is 0 Å². The Kier molecular flexibility index (Phi) is 3.55. The second-order valence-corrected chi connectivity index (χ2v) is 3.94. The van der Waals surface area contributed by atoms with E-state index in [1.165, 1.54) is 25.7 Å². The molecule has 0 N–H and O–H groups in total. The van der Waals surface area contributed by atoms with E-state index in [2.05, 4.69) is 25.1 Å². The molecule has 0 saturated heterocycles. The Morgan fingerprint density at radius 1 is 1.42 bits per heavy atom. The van der Waals surface area contributed by atoms with Crippen LogP contribution in [0.5, 0.6) is 0 Å². The molecule has 0 heterocycles. The number of rotatable bonds is 3. The Balaban J connectivity index is 2.47. The molecular weight excluding hydrogens is 148 g/mol. The first kappa shape index (κ1) is 9.54. The summed E-state index contributed by atoms with van der Waals surface area (Å²) in [5.41, 5.74) is 0. The number of hydrogen-bond donors (Lipinski definition) is 0. The maximum Gasteiger partial charge on any atom is 0.0638 e. The van der Waals surface area contributed by atoms with Gasteiger partial charge in [0.2, 0.25) is 0 Å². The van der Waals surface area contributed by atoms with Crippen LogP contribution in [0.1, 0.15) is 32.1 Å². The predicted molar refractivity (Wildman–Crippen MR) is 49.7 cm³/mol. The smallest absolute Gasteiger partial charge is 0.0638 e. The van der Waals surface area contributed by atoms with Crippen LogP contribution in [0, 0.1) is 17.2 Å². The van der Waals surface area contributed by atoms with Gasteiger partial charge in [0.05, 0.1) is 12.5 Å². The minimum Gasteiger partial charge on any atom is -0.305 e. The standard InChI is InChI=1S/C10H18N2/c1-12(2)10(7-8-11)9-5-3-4-6-9/h9-10H,3-7H2,1-2H3. The summed E-state index contributed by atoms with van der Waals surface area (Å²) in [4.78, 5) is 2.21. The van der Waals surface area contributed by atoms with Gasteiger partial charge in [-0.2, -0.15) is 5.26 Å². The summed E-state index contributed by atoms with van der Waals surface area (Å²) in [5, 5.41) is 8.67. The van der Waals surface area contributed by atoms with Gasteiger partial charge < -0.3 is 4.90 Å². The van der Waals surface area contributed by atoms with Crippen LogP contribution in [-0.2, 0) is 0 Å². The van der Waals surface area contributed by atoms with E-state index < -0.39 is 0 Å². The molecule has 0 spiro atoms. The molecule has 1 unspecified atom stereocenters. The predicted octanol–water partition coefficient (Wildman–Crippen LogP) is 2.02. The zero-order valence-electron chi connectivity index (χ0n) is 8.08. The third-order valence-corrected chi connectivity index (χ3v) is 2.91. The molecule has 1 fully saturated rings. The molecule has 2 heteroatoms. The fourth-order valence-electron chi connectivity index (χ4n) is 2.21. The van der Waals surface area contributed by atoms with Crippen molar-refractivity contribution in [2.75, 3.05) is 14.1 Å². The normalized spacial score (nSPS) is 21.2. The van der Waals surface area contributed by atoms with E-state index in [-0.39, 0.29) is 0 Å². The van der Waals surface area contributed by atoms with E-state index in [0.29, 0.717) is 12.5 Å². The van der Waals surface area contributed by atoms with Crippen LogP contribution >= 0.6 is 0 Å². The van der Waals surface area contributed by atoms with Crippen LogP contribution in [0.15, 0.2) is 0 Å². The van der Waals surface area contributed by atoms with Gasteiger partial charge in [0.15, 0.2) is 0 Å². The Morgan fingerprint density at radius 2 is 2.00 bits per heavy atom. The SMILES string of the molecule is CN(C)C(CC#N)C1CCCC1. The molecule has 1 atom stereocenters. The first-order chi connectivity index (χ1) is 5.75. The fourth-order valence-corrected chi connectivity index (χ4v) is 2.21. The number of hydrogen-bond acceptors (Lipinski definition) is 2. The average molecular weight is 166 g/mol. The first-order valence-corrected chi connectivity index (χ1v) is 4.79. The molecule has 0 bridgehead atoms. The van der Waals surface area contributed by atoms with Gasteiger partial charge in [-0.05, 0) is 32.9 Å². The van der Waals surface area contributed by atoms with Crippen LogP contribution in [0.4, 0.5) is 0 Å². The lowest BCUT2D eigenvalue weighted by Crippen LogP contribution is -2.33. The van der Waals surface area contributed by atoms with Gasteiger partial charge in [0.1, 0.15) is 0 Å². The highest BCUT2D eigenvalue weighted by Crippen LogP contribution is 2.30. The van der Waals surface area contributed by atoms with Crippen molar-refractivity contribution in [2.24, 2.45) is 5.92 Å². The molecule has 1 saturated carbocycles. The van der Waals surface area contributed by atoms with Crippen molar-refractivity contribution < 1.29 is 0 Å². The Hall–Kier alpha value is -0.550. The lowest BCUT2D eigenvalue weighted by molar-refractivity contribution is 0.214. The molecule has 1 aliphatic rings. The number of nitrogens with zero attached hydrogens (tertiary/aromatic N) is 2. The third-order valence-electron chi connectivity index (χ3n) is 2.91.